The number of para-hydroxylation sites is 1. The molecule has 6 nitrogen and oxygen atoms in total. The van der Waals surface area contributed by atoms with Crippen LogP contribution < -0.4 is 9.62 Å². The summed E-state index contributed by atoms with van der Waals surface area (Å²) in [4.78, 5) is 18.1. The number of amides is 1. The van der Waals surface area contributed by atoms with E-state index in [4.69, 9.17) is 11.6 Å². The van der Waals surface area contributed by atoms with Gasteiger partial charge in [-0.05, 0) is 41.3 Å². The average Bonchev–Trinajstić information content (AvgIpc) is 2.72. The third kappa shape index (κ3) is 5.08. The summed E-state index contributed by atoms with van der Waals surface area (Å²) < 4.78 is 42.5. The highest BCUT2D eigenvalue weighted by atomic mass is 35.5. The Hall–Kier alpha value is -2.97. The van der Waals surface area contributed by atoms with Crippen LogP contribution in [0.3, 0.4) is 0 Å². The predicted octanol–water partition coefficient (Wildman–Crippen LogP) is 5.25. The molecule has 32 heavy (non-hydrogen) atoms. The highest BCUT2D eigenvalue weighted by Crippen LogP contribution is 2.27. The number of hydrogen-bond donors (Lipinski definition) is 1. The highest BCUT2D eigenvalue weighted by Gasteiger charge is 2.25. The molecule has 168 valence electrons. The van der Waals surface area contributed by atoms with Gasteiger partial charge in [0.1, 0.15) is 5.82 Å². The van der Waals surface area contributed by atoms with E-state index < -0.39 is 21.7 Å². The number of benzene rings is 2. The number of carbonyl (C=O) groups excluding carboxylic acids is 1. The third-order valence-electron chi connectivity index (χ3n) is 4.85. The van der Waals surface area contributed by atoms with Crippen LogP contribution >= 0.6 is 11.6 Å². The van der Waals surface area contributed by atoms with Crippen molar-refractivity contribution in [2.45, 2.75) is 31.1 Å². The van der Waals surface area contributed by atoms with E-state index in [1.165, 1.54) is 49.6 Å². The first kappa shape index (κ1) is 23.7. The van der Waals surface area contributed by atoms with E-state index >= 15 is 0 Å². The lowest BCUT2D eigenvalue weighted by atomic mass is 9.87. The van der Waals surface area contributed by atoms with E-state index in [2.05, 4.69) is 9.71 Å². The van der Waals surface area contributed by atoms with Gasteiger partial charge in [0.15, 0.2) is 5.69 Å². The van der Waals surface area contributed by atoms with Crippen molar-refractivity contribution in [3.05, 3.63) is 82.9 Å². The zero-order valence-electron chi connectivity index (χ0n) is 18.1. The Balaban J connectivity index is 1.96. The van der Waals surface area contributed by atoms with Crippen LogP contribution in [0.15, 0.2) is 65.7 Å². The Labute approximate surface area is 192 Å². The fourth-order valence-corrected chi connectivity index (χ4v) is 4.23. The second-order valence-electron chi connectivity index (χ2n) is 8.25. The maximum absolute atomic E-state index is 14.1. The van der Waals surface area contributed by atoms with Crippen LogP contribution in [0, 0.1) is 5.82 Å². The zero-order valence-corrected chi connectivity index (χ0v) is 19.6. The molecule has 1 heterocycles. The van der Waals surface area contributed by atoms with Crippen LogP contribution in [-0.4, -0.2) is 26.4 Å². The molecule has 0 fully saturated rings. The number of halogens is 2. The largest absolute Gasteiger partial charge is 0.307 e. The van der Waals surface area contributed by atoms with Crippen molar-refractivity contribution in [3.63, 3.8) is 0 Å². The van der Waals surface area contributed by atoms with Crippen molar-refractivity contribution < 1.29 is 17.6 Å². The van der Waals surface area contributed by atoms with Gasteiger partial charge in [-0.15, -0.1) is 0 Å². The molecule has 0 bridgehead atoms. The first-order valence-corrected chi connectivity index (χ1v) is 11.6. The lowest BCUT2D eigenvalue weighted by Gasteiger charge is -2.20. The molecule has 0 spiro atoms. The number of carbonyl (C=O) groups is 1. The summed E-state index contributed by atoms with van der Waals surface area (Å²) in [6, 6.07) is 13.5. The van der Waals surface area contributed by atoms with E-state index in [-0.39, 0.29) is 32.4 Å². The summed E-state index contributed by atoms with van der Waals surface area (Å²) in [5.41, 5.74) is 0.549. The number of hydrogen-bond acceptors (Lipinski definition) is 4. The van der Waals surface area contributed by atoms with Gasteiger partial charge in [0, 0.05) is 13.2 Å². The lowest BCUT2D eigenvalue weighted by Crippen LogP contribution is -2.29. The number of nitrogens with one attached hydrogen (secondary N) is 1. The van der Waals surface area contributed by atoms with E-state index in [9.17, 15) is 17.6 Å². The molecular weight excluding hydrogens is 453 g/mol. The lowest BCUT2D eigenvalue weighted by molar-refractivity contribution is 0.0988. The number of aromatic nitrogens is 1. The number of rotatable bonds is 5. The minimum Gasteiger partial charge on any atom is -0.307 e. The number of anilines is 2. The molecule has 1 amide bonds. The molecule has 0 aliphatic carbocycles. The smallest absolute Gasteiger partial charge is 0.278 e. The van der Waals surface area contributed by atoms with Gasteiger partial charge in [0.25, 0.3) is 15.9 Å². The normalized spacial score (nSPS) is 11.8. The van der Waals surface area contributed by atoms with Crippen molar-refractivity contribution in [3.8, 4) is 0 Å². The topological polar surface area (TPSA) is 79.4 Å². The Bertz CT molecular complexity index is 1260. The molecule has 0 saturated heterocycles. The monoisotopic (exact) mass is 475 g/mol. The number of pyridine rings is 1. The van der Waals surface area contributed by atoms with E-state index in [0.717, 1.165) is 10.5 Å². The van der Waals surface area contributed by atoms with E-state index in [1.807, 2.05) is 20.8 Å². The standard InChI is InChI=1S/C23H23ClFN3O3S/c1-23(2,3)15-9-11-17(12-10-15)32(30,31)27-19-13-16(24)14-26-21(19)22(29)28(4)20-8-6-5-7-18(20)25/h5-14,27H,1-4H3. The molecule has 0 saturated carbocycles. The fourth-order valence-electron chi connectivity index (χ4n) is 3.02. The molecule has 0 aliphatic heterocycles. The van der Waals surface area contributed by atoms with Crippen LogP contribution in [0.5, 0.6) is 0 Å². The number of sulfonamides is 1. The maximum atomic E-state index is 14.1. The molecule has 2 aromatic carbocycles. The summed E-state index contributed by atoms with van der Waals surface area (Å²) in [7, 11) is -2.66. The molecule has 0 aliphatic rings. The minimum absolute atomic E-state index is 0.0198. The molecule has 3 aromatic rings. The fraction of sp³-hybridized carbons (Fsp3) is 0.217. The summed E-state index contributed by atoms with van der Waals surface area (Å²) >= 11 is 6.01. The van der Waals surface area contributed by atoms with Gasteiger partial charge < -0.3 is 4.90 Å². The Morgan fingerprint density at radius 3 is 2.31 bits per heavy atom. The molecule has 1 aromatic heterocycles. The van der Waals surface area contributed by atoms with Crippen molar-refractivity contribution in [1.29, 1.82) is 0 Å². The molecular formula is C23H23ClFN3O3S. The van der Waals surface area contributed by atoms with Crippen molar-refractivity contribution in [1.82, 2.24) is 4.98 Å². The van der Waals surface area contributed by atoms with Crippen molar-refractivity contribution in [2.24, 2.45) is 0 Å². The van der Waals surface area contributed by atoms with Gasteiger partial charge in [-0.1, -0.05) is 56.6 Å². The molecule has 1 N–H and O–H groups in total. The van der Waals surface area contributed by atoms with Gasteiger partial charge in [-0.2, -0.15) is 0 Å². The van der Waals surface area contributed by atoms with Crippen molar-refractivity contribution in [2.75, 3.05) is 16.7 Å². The van der Waals surface area contributed by atoms with E-state index in [1.54, 1.807) is 18.2 Å². The minimum atomic E-state index is -4.04. The highest BCUT2D eigenvalue weighted by molar-refractivity contribution is 7.92. The molecule has 3 rings (SSSR count). The zero-order chi connectivity index (χ0) is 23.7. The Morgan fingerprint density at radius 2 is 1.72 bits per heavy atom. The average molecular weight is 476 g/mol. The maximum Gasteiger partial charge on any atom is 0.278 e. The summed E-state index contributed by atoms with van der Waals surface area (Å²) in [5.74, 6) is -1.30. The van der Waals surface area contributed by atoms with Gasteiger partial charge in [-0.25, -0.2) is 17.8 Å². The van der Waals surface area contributed by atoms with Crippen molar-refractivity contribution >= 4 is 38.9 Å². The van der Waals surface area contributed by atoms with Gasteiger partial charge in [0.2, 0.25) is 0 Å². The van der Waals surface area contributed by atoms with Crippen LogP contribution in [0.1, 0.15) is 36.8 Å². The van der Waals surface area contributed by atoms with Crippen LogP contribution in [0.25, 0.3) is 0 Å². The van der Waals surface area contributed by atoms with Gasteiger partial charge >= 0.3 is 0 Å². The Morgan fingerprint density at radius 1 is 1.09 bits per heavy atom. The second kappa shape index (κ2) is 8.88. The predicted molar refractivity (Wildman–Crippen MR) is 124 cm³/mol. The SMILES string of the molecule is CN(C(=O)c1ncc(Cl)cc1NS(=O)(=O)c1ccc(C(C)(C)C)cc1)c1ccccc1F. The second-order valence-corrected chi connectivity index (χ2v) is 10.4. The Kier molecular flexibility index (Phi) is 6.57. The quantitative estimate of drug-likeness (QED) is 0.546. The molecule has 9 heteroatoms. The van der Waals surface area contributed by atoms with Gasteiger partial charge in [-0.3, -0.25) is 9.52 Å². The third-order valence-corrected chi connectivity index (χ3v) is 6.44. The van der Waals surface area contributed by atoms with Crippen LogP contribution in [0.2, 0.25) is 5.02 Å². The summed E-state index contributed by atoms with van der Waals surface area (Å²) in [6.45, 7) is 6.07. The summed E-state index contributed by atoms with van der Waals surface area (Å²) in [5, 5.41) is 0.135. The molecule has 0 radical (unpaired) electrons. The van der Waals surface area contributed by atoms with Crippen LogP contribution in [0.4, 0.5) is 15.8 Å². The first-order chi connectivity index (χ1) is 14.9. The van der Waals surface area contributed by atoms with E-state index in [0.29, 0.717) is 0 Å². The molecule has 0 unspecified atom stereocenters. The van der Waals surface area contributed by atoms with Gasteiger partial charge in [0.05, 0.1) is 21.3 Å². The summed E-state index contributed by atoms with van der Waals surface area (Å²) in [6.07, 6.45) is 1.22. The number of nitrogens with zero attached hydrogens (tertiary/aromatic N) is 2. The first-order valence-electron chi connectivity index (χ1n) is 9.71. The molecule has 0 atom stereocenters. The van der Waals surface area contributed by atoms with Crippen LogP contribution in [-0.2, 0) is 15.4 Å².